The van der Waals surface area contributed by atoms with Crippen molar-refractivity contribution in [2.24, 2.45) is 5.92 Å². The first kappa shape index (κ1) is 14.1. The Kier molecular flexibility index (Phi) is 5.05. The molecule has 0 radical (unpaired) electrons. The molecule has 1 N–H and O–H groups in total. The Bertz CT molecular complexity index is 421. The lowest BCUT2D eigenvalue weighted by Crippen LogP contribution is -2.11. The molecular formula is C12H17F2NOS. The second-order valence-corrected chi connectivity index (χ2v) is 5.84. The van der Waals surface area contributed by atoms with Crippen molar-refractivity contribution < 1.29 is 13.0 Å². The van der Waals surface area contributed by atoms with Gasteiger partial charge < -0.3 is 5.32 Å². The minimum atomic E-state index is -1.16. The number of halogens is 2. The first-order valence-electron chi connectivity index (χ1n) is 5.42. The van der Waals surface area contributed by atoms with Crippen LogP contribution in [0.2, 0.25) is 0 Å². The third kappa shape index (κ3) is 4.42. The van der Waals surface area contributed by atoms with Crippen LogP contribution < -0.4 is 5.32 Å². The normalized spacial score (nSPS) is 12.8. The van der Waals surface area contributed by atoms with Crippen molar-refractivity contribution in [3.8, 4) is 0 Å². The van der Waals surface area contributed by atoms with Crippen LogP contribution in [-0.2, 0) is 16.6 Å². The SMILES string of the molecule is CC(C)CNc1cc(F)cc(F)c1CS(C)=O. The maximum Gasteiger partial charge on any atom is 0.132 e. The van der Waals surface area contributed by atoms with E-state index in [1.807, 2.05) is 13.8 Å². The molecule has 0 fully saturated rings. The monoisotopic (exact) mass is 261 g/mol. The van der Waals surface area contributed by atoms with E-state index in [2.05, 4.69) is 5.32 Å². The van der Waals surface area contributed by atoms with Crippen LogP contribution in [0.25, 0.3) is 0 Å². The Morgan fingerprint density at radius 3 is 2.53 bits per heavy atom. The predicted molar refractivity (Wildman–Crippen MR) is 67.5 cm³/mol. The summed E-state index contributed by atoms with van der Waals surface area (Å²) in [6.07, 6.45) is 1.50. The largest absolute Gasteiger partial charge is 0.384 e. The molecule has 17 heavy (non-hydrogen) atoms. The third-order valence-electron chi connectivity index (χ3n) is 2.21. The van der Waals surface area contributed by atoms with Crippen LogP contribution in [0.15, 0.2) is 12.1 Å². The van der Waals surface area contributed by atoms with Crippen LogP contribution in [0, 0.1) is 17.6 Å². The minimum absolute atomic E-state index is 0.0898. The van der Waals surface area contributed by atoms with Crippen molar-refractivity contribution in [1.82, 2.24) is 0 Å². The van der Waals surface area contributed by atoms with Crippen LogP contribution in [0.5, 0.6) is 0 Å². The Labute approximate surface area is 103 Å². The number of hydrogen-bond acceptors (Lipinski definition) is 2. The van der Waals surface area contributed by atoms with E-state index in [4.69, 9.17) is 0 Å². The van der Waals surface area contributed by atoms with Crippen molar-refractivity contribution in [3.63, 3.8) is 0 Å². The van der Waals surface area contributed by atoms with Gasteiger partial charge in [0.2, 0.25) is 0 Å². The van der Waals surface area contributed by atoms with Crippen molar-refractivity contribution in [2.45, 2.75) is 19.6 Å². The molecule has 0 aliphatic heterocycles. The quantitative estimate of drug-likeness (QED) is 0.883. The van der Waals surface area contributed by atoms with Crippen molar-refractivity contribution in [2.75, 3.05) is 18.1 Å². The van der Waals surface area contributed by atoms with Gasteiger partial charge in [0, 0.05) is 40.9 Å². The van der Waals surface area contributed by atoms with Gasteiger partial charge in [-0.15, -0.1) is 0 Å². The lowest BCUT2D eigenvalue weighted by atomic mass is 10.1. The standard InChI is InChI=1S/C12H17F2NOS/c1-8(2)6-15-12-5-9(13)4-11(14)10(12)7-17(3)16/h4-5,8,15H,6-7H2,1-3H3. The van der Waals surface area contributed by atoms with Gasteiger partial charge in [0.1, 0.15) is 11.6 Å². The van der Waals surface area contributed by atoms with Crippen LogP contribution in [0.1, 0.15) is 19.4 Å². The summed E-state index contributed by atoms with van der Waals surface area (Å²) in [7, 11) is -1.16. The van der Waals surface area contributed by atoms with Crippen LogP contribution in [0.4, 0.5) is 14.5 Å². The Morgan fingerprint density at radius 2 is 2.00 bits per heavy atom. The fourth-order valence-corrected chi connectivity index (χ4v) is 2.13. The molecule has 0 saturated carbocycles. The summed E-state index contributed by atoms with van der Waals surface area (Å²) in [5.41, 5.74) is 0.680. The highest BCUT2D eigenvalue weighted by atomic mass is 32.2. The third-order valence-corrected chi connectivity index (χ3v) is 2.90. The molecular weight excluding hydrogens is 244 g/mol. The van der Waals surface area contributed by atoms with Crippen LogP contribution >= 0.6 is 0 Å². The maximum atomic E-state index is 13.6. The predicted octanol–water partition coefficient (Wildman–Crippen LogP) is 2.91. The van der Waals surface area contributed by atoms with Crippen molar-refractivity contribution in [3.05, 3.63) is 29.3 Å². The average Bonchev–Trinajstić information content (AvgIpc) is 2.18. The van der Waals surface area contributed by atoms with E-state index in [-0.39, 0.29) is 11.3 Å². The van der Waals surface area contributed by atoms with E-state index < -0.39 is 22.4 Å². The average molecular weight is 261 g/mol. The summed E-state index contributed by atoms with van der Waals surface area (Å²) in [5, 5.41) is 2.99. The van der Waals surface area contributed by atoms with E-state index in [0.29, 0.717) is 18.2 Å². The van der Waals surface area contributed by atoms with Gasteiger partial charge in [0.05, 0.1) is 5.75 Å². The molecule has 0 bridgehead atoms. The summed E-state index contributed by atoms with van der Waals surface area (Å²) in [5.74, 6) is -0.820. The number of benzene rings is 1. The fourth-order valence-electron chi connectivity index (χ4n) is 1.43. The zero-order chi connectivity index (χ0) is 13.0. The number of rotatable bonds is 5. The second-order valence-electron chi connectivity index (χ2n) is 4.41. The number of hydrogen-bond donors (Lipinski definition) is 1. The zero-order valence-electron chi connectivity index (χ0n) is 10.2. The van der Waals surface area contributed by atoms with Gasteiger partial charge in [-0.2, -0.15) is 0 Å². The lowest BCUT2D eigenvalue weighted by Gasteiger charge is -2.14. The molecule has 1 aromatic carbocycles. The van der Waals surface area contributed by atoms with Gasteiger partial charge in [-0.3, -0.25) is 4.21 Å². The fraction of sp³-hybridized carbons (Fsp3) is 0.500. The molecule has 0 spiro atoms. The highest BCUT2D eigenvalue weighted by Gasteiger charge is 2.12. The second kappa shape index (κ2) is 6.10. The summed E-state index contributed by atoms with van der Waals surface area (Å²) >= 11 is 0. The summed E-state index contributed by atoms with van der Waals surface area (Å²) in [4.78, 5) is 0. The van der Waals surface area contributed by atoms with Gasteiger partial charge in [0.15, 0.2) is 0 Å². The lowest BCUT2D eigenvalue weighted by molar-refractivity contribution is 0.576. The molecule has 1 aromatic rings. The van der Waals surface area contributed by atoms with Crippen LogP contribution in [-0.4, -0.2) is 17.0 Å². The van der Waals surface area contributed by atoms with E-state index >= 15 is 0 Å². The highest BCUT2D eigenvalue weighted by molar-refractivity contribution is 7.83. The summed E-state index contributed by atoms with van der Waals surface area (Å²) in [6.45, 7) is 4.62. The topological polar surface area (TPSA) is 29.1 Å². The van der Waals surface area contributed by atoms with Gasteiger partial charge in [-0.05, 0) is 12.0 Å². The molecule has 0 saturated heterocycles. The molecule has 1 unspecified atom stereocenters. The summed E-state index contributed by atoms with van der Waals surface area (Å²) in [6, 6.07) is 2.07. The Morgan fingerprint density at radius 1 is 1.35 bits per heavy atom. The van der Waals surface area contributed by atoms with Crippen molar-refractivity contribution in [1.29, 1.82) is 0 Å². The minimum Gasteiger partial charge on any atom is -0.384 e. The smallest absolute Gasteiger partial charge is 0.132 e. The Balaban J connectivity index is 3.02. The summed E-state index contributed by atoms with van der Waals surface area (Å²) < 4.78 is 37.9. The first-order chi connectivity index (χ1) is 7.90. The Hall–Kier alpha value is -0.970. The van der Waals surface area contributed by atoms with E-state index in [1.165, 1.54) is 12.3 Å². The van der Waals surface area contributed by atoms with E-state index in [9.17, 15) is 13.0 Å². The number of anilines is 1. The first-order valence-corrected chi connectivity index (χ1v) is 7.14. The van der Waals surface area contributed by atoms with Crippen molar-refractivity contribution >= 4 is 16.5 Å². The van der Waals surface area contributed by atoms with Crippen LogP contribution in [0.3, 0.4) is 0 Å². The number of nitrogens with one attached hydrogen (secondary N) is 1. The maximum absolute atomic E-state index is 13.6. The molecule has 0 aliphatic carbocycles. The molecule has 0 heterocycles. The zero-order valence-corrected chi connectivity index (χ0v) is 11.0. The molecule has 2 nitrogen and oxygen atoms in total. The van der Waals surface area contributed by atoms with Gasteiger partial charge in [-0.25, -0.2) is 8.78 Å². The van der Waals surface area contributed by atoms with E-state index in [1.54, 1.807) is 0 Å². The molecule has 1 atom stereocenters. The highest BCUT2D eigenvalue weighted by Crippen LogP contribution is 2.22. The van der Waals surface area contributed by atoms with Gasteiger partial charge in [0.25, 0.3) is 0 Å². The molecule has 0 aliphatic rings. The molecule has 96 valence electrons. The molecule has 1 rings (SSSR count). The molecule has 0 aromatic heterocycles. The van der Waals surface area contributed by atoms with Gasteiger partial charge in [-0.1, -0.05) is 13.8 Å². The van der Waals surface area contributed by atoms with Gasteiger partial charge >= 0.3 is 0 Å². The molecule has 0 amide bonds. The molecule has 5 heteroatoms. The van der Waals surface area contributed by atoms with E-state index in [0.717, 1.165) is 6.07 Å².